The molecule has 1 aliphatic carbocycles. The van der Waals surface area contributed by atoms with E-state index in [2.05, 4.69) is 4.99 Å². The Morgan fingerprint density at radius 1 is 1.25 bits per heavy atom. The number of aliphatic imine (C=N–C) groups is 1. The van der Waals surface area contributed by atoms with Crippen molar-refractivity contribution in [3.8, 4) is 11.5 Å². The van der Waals surface area contributed by atoms with Gasteiger partial charge in [-0.2, -0.15) is 0 Å². The summed E-state index contributed by atoms with van der Waals surface area (Å²) < 4.78 is 0. The van der Waals surface area contributed by atoms with Gasteiger partial charge >= 0.3 is 5.97 Å². The lowest BCUT2D eigenvalue weighted by molar-refractivity contribution is -0.143. The summed E-state index contributed by atoms with van der Waals surface area (Å²) in [7, 11) is 0. The second kappa shape index (κ2) is 6.41. The lowest BCUT2D eigenvalue weighted by atomic mass is 9.82. The molecule has 0 heterocycles. The zero-order valence-electron chi connectivity index (χ0n) is 11.2. The van der Waals surface area contributed by atoms with Gasteiger partial charge in [0.05, 0.1) is 5.92 Å². The zero-order chi connectivity index (χ0) is 14.5. The number of para-hydroxylation sites is 1. The summed E-state index contributed by atoms with van der Waals surface area (Å²) in [5, 5.41) is 27.9. The number of aromatic hydroxyl groups is 2. The number of aliphatic carboxylic acids is 1. The molecule has 0 spiro atoms. The van der Waals surface area contributed by atoms with Crippen LogP contribution in [0.25, 0.3) is 0 Å². The molecule has 0 radical (unpaired) electrons. The first-order valence-corrected chi connectivity index (χ1v) is 6.81. The topological polar surface area (TPSA) is 90.1 Å². The molecule has 5 heteroatoms. The minimum atomic E-state index is -0.698. The Morgan fingerprint density at radius 2 is 1.95 bits per heavy atom. The SMILES string of the molecule is O=C(O)C1CCC(CN=Cc2cccc(O)c2O)CC1. The van der Waals surface area contributed by atoms with Crippen molar-refractivity contribution in [1.29, 1.82) is 0 Å². The fourth-order valence-electron chi connectivity index (χ4n) is 2.54. The van der Waals surface area contributed by atoms with Gasteiger partial charge in [0.15, 0.2) is 11.5 Å². The maximum Gasteiger partial charge on any atom is 0.306 e. The Hall–Kier alpha value is -2.04. The predicted molar refractivity (Wildman–Crippen MR) is 75.3 cm³/mol. The van der Waals surface area contributed by atoms with Crippen molar-refractivity contribution in [3.05, 3.63) is 23.8 Å². The summed E-state index contributed by atoms with van der Waals surface area (Å²) in [6, 6.07) is 4.74. The van der Waals surface area contributed by atoms with E-state index in [-0.39, 0.29) is 17.4 Å². The molecule has 0 saturated heterocycles. The van der Waals surface area contributed by atoms with Crippen LogP contribution in [0.1, 0.15) is 31.2 Å². The van der Waals surface area contributed by atoms with E-state index < -0.39 is 5.97 Å². The summed E-state index contributed by atoms with van der Waals surface area (Å²) in [5.41, 5.74) is 0.490. The number of hydrogen-bond donors (Lipinski definition) is 3. The highest BCUT2D eigenvalue weighted by molar-refractivity contribution is 5.84. The molecular formula is C15H19NO4. The van der Waals surface area contributed by atoms with Crippen molar-refractivity contribution in [3.63, 3.8) is 0 Å². The van der Waals surface area contributed by atoms with Gasteiger partial charge < -0.3 is 15.3 Å². The van der Waals surface area contributed by atoms with Crippen molar-refractivity contribution < 1.29 is 20.1 Å². The normalized spacial score (nSPS) is 23.0. The van der Waals surface area contributed by atoms with Crippen molar-refractivity contribution in [2.24, 2.45) is 16.8 Å². The van der Waals surface area contributed by atoms with Gasteiger partial charge in [0.25, 0.3) is 0 Å². The fourth-order valence-corrected chi connectivity index (χ4v) is 2.54. The molecule has 0 aliphatic heterocycles. The number of phenolic OH excluding ortho intramolecular Hbond substituents is 2. The minimum Gasteiger partial charge on any atom is -0.504 e. The molecule has 2 rings (SSSR count). The van der Waals surface area contributed by atoms with Crippen LogP contribution in [0.2, 0.25) is 0 Å². The minimum absolute atomic E-state index is 0.157. The summed E-state index contributed by atoms with van der Waals surface area (Å²) in [4.78, 5) is 15.1. The number of rotatable bonds is 4. The van der Waals surface area contributed by atoms with Gasteiger partial charge in [0.2, 0.25) is 0 Å². The second-order valence-electron chi connectivity index (χ2n) is 5.27. The molecule has 1 fully saturated rings. The number of nitrogens with zero attached hydrogens (tertiary/aromatic N) is 1. The van der Waals surface area contributed by atoms with E-state index in [1.807, 2.05) is 0 Å². The predicted octanol–water partition coefficient (Wildman–Crippen LogP) is 2.41. The molecule has 1 aromatic rings. The largest absolute Gasteiger partial charge is 0.504 e. The molecule has 1 aromatic carbocycles. The van der Waals surface area contributed by atoms with E-state index in [1.165, 1.54) is 6.07 Å². The van der Waals surface area contributed by atoms with Gasteiger partial charge in [-0.05, 0) is 43.7 Å². The Labute approximate surface area is 117 Å². The van der Waals surface area contributed by atoms with Gasteiger partial charge in [0.1, 0.15) is 0 Å². The van der Waals surface area contributed by atoms with E-state index >= 15 is 0 Å². The third-order valence-electron chi connectivity index (χ3n) is 3.84. The number of carboxylic acid groups (broad SMARTS) is 1. The Kier molecular flexibility index (Phi) is 4.61. The van der Waals surface area contributed by atoms with Crippen molar-refractivity contribution in [1.82, 2.24) is 0 Å². The van der Waals surface area contributed by atoms with Crippen LogP contribution in [-0.2, 0) is 4.79 Å². The van der Waals surface area contributed by atoms with Crippen molar-refractivity contribution in [2.45, 2.75) is 25.7 Å². The molecular weight excluding hydrogens is 258 g/mol. The maximum atomic E-state index is 10.8. The Morgan fingerprint density at radius 3 is 2.60 bits per heavy atom. The van der Waals surface area contributed by atoms with Crippen LogP contribution in [0.5, 0.6) is 11.5 Å². The standard InChI is InChI=1S/C15H19NO4/c17-13-3-1-2-12(14(13)18)9-16-8-10-4-6-11(7-5-10)15(19)20/h1-3,9-11,17-18H,4-8H2,(H,19,20). The number of phenols is 2. The number of carboxylic acids is 1. The van der Waals surface area contributed by atoms with Crippen molar-refractivity contribution in [2.75, 3.05) is 6.54 Å². The van der Waals surface area contributed by atoms with Gasteiger partial charge in [0, 0.05) is 18.3 Å². The van der Waals surface area contributed by atoms with Crippen LogP contribution in [0, 0.1) is 11.8 Å². The number of benzene rings is 1. The van der Waals surface area contributed by atoms with Crippen LogP contribution >= 0.6 is 0 Å². The quantitative estimate of drug-likeness (QED) is 0.582. The molecule has 3 N–H and O–H groups in total. The van der Waals surface area contributed by atoms with Gasteiger partial charge in [-0.15, -0.1) is 0 Å². The highest BCUT2D eigenvalue weighted by Gasteiger charge is 2.25. The summed E-state index contributed by atoms with van der Waals surface area (Å²) in [5.74, 6) is -0.815. The summed E-state index contributed by atoms with van der Waals surface area (Å²) in [6.07, 6.45) is 4.73. The zero-order valence-corrected chi connectivity index (χ0v) is 11.2. The maximum absolute atomic E-state index is 10.8. The molecule has 0 unspecified atom stereocenters. The average molecular weight is 277 g/mol. The smallest absolute Gasteiger partial charge is 0.306 e. The van der Waals surface area contributed by atoms with Crippen LogP contribution in [0.15, 0.2) is 23.2 Å². The van der Waals surface area contributed by atoms with E-state index in [0.29, 0.717) is 30.9 Å². The van der Waals surface area contributed by atoms with E-state index in [9.17, 15) is 15.0 Å². The lowest BCUT2D eigenvalue weighted by Crippen LogP contribution is -2.22. The molecule has 1 saturated carbocycles. The van der Waals surface area contributed by atoms with Crippen LogP contribution in [0.4, 0.5) is 0 Å². The lowest BCUT2D eigenvalue weighted by Gasteiger charge is -2.24. The van der Waals surface area contributed by atoms with E-state index in [1.54, 1.807) is 18.3 Å². The van der Waals surface area contributed by atoms with Gasteiger partial charge in [-0.25, -0.2) is 0 Å². The van der Waals surface area contributed by atoms with Gasteiger partial charge in [-0.1, -0.05) is 6.07 Å². The fraction of sp³-hybridized carbons (Fsp3) is 0.467. The molecule has 5 nitrogen and oxygen atoms in total. The third-order valence-corrected chi connectivity index (χ3v) is 3.84. The summed E-state index contributed by atoms with van der Waals surface area (Å²) >= 11 is 0. The highest BCUT2D eigenvalue weighted by Crippen LogP contribution is 2.29. The average Bonchev–Trinajstić information content (AvgIpc) is 2.44. The number of carbonyl (C=O) groups is 1. The summed E-state index contributed by atoms with van der Waals surface area (Å²) in [6.45, 7) is 0.626. The molecule has 0 atom stereocenters. The number of hydrogen-bond acceptors (Lipinski definition) is 4. The van der Waals surface area contributed by atoms with Crippen LogP contribution in [0.3, 0.4) is 0 Å². The third kappa shape index (κ3) is 3.50. The molecule has 0 amide bonds. The first-order chi connectivity index (χ1) is 9.58. The molecule has 20 heavy (non-hydrogen) atoms. The molecule has 1 aliphatic rings. The Bertz CT molecular complexity index is 505. The molecule has 0 aromatic heterocycles. The molecule has 108 valence electrons. The first kappa shape index (κ1) is 14.4. The first-order valence-electron chi connectivity index (χ1n) is 6.81. The second-order valence-corrected chi connectivity index (χ2v) is 5.27. The highest BCUT2D eigenvalue weighted by atomic mass is 16.4. The van der Waals surface area contributed by atoms with Gasteiger partial charge in [-0.3, -0.25) is 9.79 Å². The molecule has 0 bridgehead atoms. The monoisotopic (exact) mass is 277 g/mol. The van der Waals surface area contributed by atoms with Crippen LogP contribution < -0.4 is 0 Å². The van der Waals surface area contributed by atoms with E-state index in [4.69, 9.17) is 5.11 Å². The van der Waals surface area contributed by atoms with Crippen molar-refractivity contribution >= 4 is 12.2 Å². The van der Waals surface area contributed by atoms with E-state index in [0.717, 1.165) is 12.8 Å². The Balaban J connectivity index is 1.85. The van der Waals surface area contributed by atoms with Crippen LogP contribution in [-0.4, -0.2) is 34.0 Å².